The molecule has 7 heteroatoms. The molecule has 4 rings (SSSR count). The van der Waals surface area contributed by atoms with Gasteiger partial charge in [0.1, 0.15) is 0 Å². The number of rotatable bonds is 5. The maximum absolute atomic E-state index is 12.9. The van der Waals surface area contributed by atoms with Gasteiger partial charge in [-0.1, -0.05) is 48.2 Å². The second-order valence-corrected chi connectivity index (χ2v) is 8.69. The minimum absolute atomic E-state index is 0.138. The van der Waals surface area contributed by atoms with Crippen molar-refractivity contribution in [3.8, 4) is 11.4 Å². The van der Waals surface area contributed by atoms with Crippen LogP contribution in [0.1, 0.15) is 50.8 Å². The van der Waals surface area contributed by atoms with Crippen molar-refractivity contribution in [2.75, 3.05) is 20.1 Å². The fraction of sp³-hybridized carbons (Fsp3) is 0.591. The molecule has 0 N–H and O–H groups in total. The molecule has 0 spiro atoms. The lowest BCUT2D eigenvalue weighted by Crippen LogP contribution is -2.45. The lowest BCUT2D eigenvalue weighted by atomic mass is 9.91. The van der Waals surface area contributed by atoms with E-state index in [-0.39, 0.29) is 5.92 Å². The van der Waals surface area contributed by atoms with E-state index in [1.807, 2.05) is 36.2 Å². The van der Waals surface area contributed by atoms with E-state index in [2.05, 4.69) is 15.0 Å². The van der Waals surface area contributed by atoms with Crippen molar-refractivity contribution in [2.45, 2.75) is 57.5 Å². The van der Waals surface area contributed by atoms with Crippen LogP contribution in [0.15, 0.2) is 28.8 Å². The third-order valence-electron chi connectivity index (χ3n) is 6.35. The van der Waals surface area contributed by atoms with Gasteiger partial charge in [-0.3, -0.25) is 9.69 Å². The highest BCUT2D eigenvalue weighted by Crippen LogP contribution is 2.27. The number of carbonyl (C=O) groups excluding carboxylic acids is 1. The zero-order chi connectivity index (χ0) is 20.2. The quantitative estimate of drug-likeness (QED) is 0.723. The van der Waals surface area contributed by atoms with Gasteiger partial charge < -0.3 is 9.42 Å². The molecular formula is C22H29ClN4O2. The van der Waals surface area contributed by atoms with E-state index in [1.54, 1.807) is 0 Å². The molecule has 1 aliphatic carbocycles. The molecule has 1 aliphatic heterocycles. The lowest BCUT2D eigenvalue weighted by Gasteiger charge is -2.36. The minimum Gasteiger partial charge on any atom is -0.343 e. The van der Waals surface area contributed by atoms with Crippen LogP contribution in [0.5, 0.6) is 0 Å². The molecule has 2 aliphatic rings. The Morgan fingerprint density at radius 1 is 1.17 bits per heavy atom. The standard InChI is InChI=1S/C22H29ClN4O2/c1-26(17-7-3-2-4-8-17)22(28)16-11-13-27(14-12-16)15-20-24-21(25-29-20)18-9-5-6-10-19(18)23/h5-6,9-10,16-17H,2-4,7-8,11-15H2,1H3. The number of hydrogen-bond acceptors (Lipinski definition) is 5. The number of nitrogens with zero attached hydrogens (tertiary/aromatic N) is 4. The second-order valence-electron chi connectivity index (χ2n) is 8.28. The Kier molecular flexibility index (Phi) is 6.50. The Morgan fingerprint density at radius 2 is 1.90 bits per heavy atom. The van der Waals surface area contributed by atoms with Gasteiger partial charge in [0.05, 0.1) is 11.6 Å². The molecule has 0 radical (unpaired) electrons. The fourth-order valence-corrected chi connectivity index (χ4v) is 4.76. The number of benzene rings is 1. The van der Waals surface area contributed by atoms with E-state index in [1.165, 1.54) is 19.3 Å². The second kappa shape index (κ2) is 9.26. The van der Waals surface area contributed by atoms with E-state index in [0.29, 0.717) is 35.2 Å². The summed E-state index contributed by atoms with van der Waals surface area (Å²) >= 11 is 6.22. The summed E-state index contributed by atoms with van der Waals surface area (Å²) in [6.45, 7) is 2.36. The number of likely N-dealkylation sites (tertiary alicyclic amines) is 1. The SMILES string of the molecule is CN(C(=O)C1CCN(Cc2nc(-c3ccccc3Cl)no2)CC1)C1CCCCC1. The molecule has 1 aromatic carbocycles. The Balaban J connectivity index is 1.29. The van der Waals surface area contributed by atoms with Crippen molar-refractivity contribution in [3.63, 3.8) is 0 Å². The van der Waals surface area contributed by atoms with Gasteiger partial charge in [-0.15, -0.1) is 0 Å². The molecule has 1 amide bonds. The largest absolute Gasteiger partial charge is 0.343 e. The minimum atomic E-state index is 0.138. The zero-order valence-electron chi connectivity index (χ0n) is 17.0. The Bertz CT molecular complexity index is 826. The van der Waals surface area contributed by atoms with Crippen molar-refractivity contribution in [3.05, 3.63) is 35.2 Å². The Labute approximate surface area is 177 Å². The van der Waals surface area contributed by atoms with Crippen molar-refractivity contribution >= 4 is 17.5 Å². The number of piperidine rings is 1. The van der Waals surface area contributed by atoms with E-state index in [4.69, 9.17) is 16.1 Å². The van der Waals surface area contributed by atoms with Crippen LogP contribution in [0.3, 0.4) is 0 Å². The normalized spacial score (nSPS) is 19.4. The van der Waals surface area contributed by atoms with E-state index in [9.17, 15) is 4.79 Å². The summed E-state index contributed by atoms with van der Waals surface area (Å²) in [5.41, 5.74) is 0.777. The molecule has 1 aromatic heterocycles. The molecule has 2 heterocycles. The average Bonchev–Trinajstić information content (AvgIpc) is 3.22. The number of aromatic nitrogens is 2. The van der Waals surface area contributed by atoms with Crippen LogP contribution in [0.2, 0.25) is 5.02 Å². The average molecular weight is 417 g/mol. The first-order valence-corrected chi connectivity index (χ1v) is 11.1. The molecule has 0 atom stereocenters. The van der Waals surface area contributed by atoms with Crippen LogP contribution in [0.25, 0.3) is 11.4 Å². The van der Waals surface area contributed by atoms with E-state index in [0.717, 1.165) is 44.3 Å². The highest BCUT2D eigenvalue weighted by molar-refractivity contribution is 6.33. The molecule has 2 fully saturated rings. The Morgan fingerprint density at radius 3 is 2.62 bits per heavy atom. The van der Waals surface area contributed by atoms with Crippen molar-refractivity contribution in [2.24, 2.45) is 5.92 Å². The lowest BCUT2D eigenvalue weighted by molar-refractivity contribution is -0.138. The fourth-order valence-electron chi connectivity index (χ4n) is 4.54. The first-order valence-electron chi connectivity index (χ1n) is 10.7. The van der Waals surface area contributed by atoms with Crippen LogP contribution in [-0.4, -0.2) is 52.0 Å². The molecule has 0 unspecified atom stereocenters. The number of halogens is 1. The molecule has 29 heavy (non-hydrogen) atoms. The molecule has 2 aromatic rings. The first kappa shape index (κ1) is 20.4. The third kappa shape index (κ3) is 4.81. The molecule has 0 bridgehead atoms. The smallest absolute Gasteiger partial charge is 0.241 e. The Hall–Kier alpha value is -1.92. The van der Waals surface area contributed by atoms with Crippen molar-refractivity contribution < 1.29 is 9.32 Å². The van der Waals surface area contributed by atoms with Gasteiger partial charge >= 0.3 is 0 Å². The van der Waals surface area contributed by atoms with E-state index < -0.39 is 0 Å². The summed E-state index contributed by atoms with van der Waals surface area (Å²) in [4.78, 5) is 21.7. The van der Waals surface area contributed by atoms with Crippen LogP contribution < -0.4 is 0 Å². The third-order valence-corrected chi connectivity index (χ3v) is 6.68. The molecule has 1 saturated carbocycles. The van der Waals surface area contributed by atoms with E-state index >= 15 is 0 Å². The molecular weight excluding hydrogens is 388 g/mol. The molecule has 6 nitrogen and oxygen atoms in total. The maximum atomic E-state index is 12.9. The summed E-state index contributed by atoms with van der Waals surface area (Å²) in [6, 6.07) is 7.93. The summed E-state index contributed by atoms with van der Waals surface area (Å²) in [5.74, 6) is 1.57. The van der Waals surface area contributed by atoms with Gasteiger partial charge in [-0.05, 0) is 50.9 Å². The number of carbonyl (C=O) groups is 1. The zero-order valence-corrected chi connectivity index (χ0v) is 17.8. The summed E-state index contributed by atoms with van der Waals surface area (Å²) < 4.78 is 5.43. The van der Waals surface area contributed by atoms with Gasteiger partial charge in [-0.25, -0.2) is 0 Å². The van der Waals surface area contributed by atoms with Gasteiger partial charge in [0, 0.05) is 24.6 Å². The predicted octanol–water partition coefficient (Wildman–Crippen LogP) is 4.39. The first-order chi connectivity index (χ1) is 14.1. The van der Waals surface area contributed by atoms with Crippen molar-refractivity contribution in [1.29, 1.82) is 0 Å². The van der Waals surface area contributed by atoms with Crippen LogP contribution in [0, 0.1) is 5.92 Å². The van der Waals surface area contributed by atoms with Crippen LogP contribution >= 0.6 is 11.6 Å². The number of hydrogen-bond donors (Lipinski definition) is 0. The number of amides is 1. The van der Waals surface area contributed by atoms with Gasteiger partial charge in [0.15, 0.2) is 0 Å². The summed E-state index contributed by atoms with van der Waals surface area (Å²) in [5, 5.41) is 4.69. The molecule has 1 saturated heterocycles. The highest BCUT2D eigenvalue weighted by atomic mass is 35.5. The van der Waals surface area contributed by atoms with Gasteiger partial charge in [0.2, 0.25) is 17.6 Å². The van der Waals surface area contributed by atoms with Gasteiger partial charge in [-0.2, -0.15) is 4.98 Å². The maximum Gasteiger partial charge on any atom is 0.241 e. The molecule has 156 valence electrons. The summed E-state index contributed by atoms with van der Waals surface area (Å²) in [7, 11) is 2.00. The van der Waals surface area contributed by atoms with Crippen molar-refractivity contribution in [1.82, 2.24) is 19.9 Å². The monoisotopic (exact) mass is 416 g/mol. The van der Waals surface area contributed by atoms with Crippen LogP contribution in [-0.2, 0) is 11.3 Å². The van der Waals surface area contributed by atoms with Crippen LogP contribution in [0.4, 0.5) is 0 Å². The summed E-state index contributed by atoms with van der Waals surface area (Å²) in [6.07, 6.45) is 7.91. The van der Waals surface area contributed by atoms with Gasteiger partial charge in [0.25, 0.3) is 0 Å². The predicted molar refractivity (Wildman–Crippen MR) is 112 cm³/mol. The topological polar surface area (TPSA) is 62.5 Å². The highest BCUT2D eigenvalue weighted by Gasteiger charge is 2.31.